The summed E-state index contributed by atoms with van der Waals surface area (Å²) in [6, 6.07) is 0.488. The first kappa shape index (κ1) is 14.3. The molecular formula is C7H15Cl2N3. The number of imidazole rings is 1. The van der Waals surface area contributed by atoms with Gasteiger partial charge >= 0.3 is 0 Å². The molecule has 0 saturated heterocycles. The monoisotopic (exact) mass is 211 g/mol. The second-order valence-electron chi connectivity index (χ2n) is 2.85. The molecule has 0 aliphatic rings. The fourth-order valence-electron chi connectivity index (χ4n) is 0.990. The average molecular weight is 212 g/mol. The summed E-state index contributed by atoms with van der Waals surface area (Å²) in [5.41, 5.74) is 5.24. The third kappa shape index (κ3) is 3.95. The van der Waals surface area contributed by atoms with Gasteiger partial charge in [0.05, 0.1) is 19.5 Å². The topological polar surface area (TPSA) is 47.3 Å². The zero-order chi connectivity index (χ0) is 7.56. The van der Waals surface area contributed by atoms with Crippen molar-refractivity contribution in [2.75, 3.05) is 0 Å². The van der Waals surface area contributed by atoms with Crippen molar-refractivity contribution in [2.45, 2.75) is 19.4 Å². The van der Waals surface area contributed by atoms with E-state index in [1.54, 1.807) is 0 Å². The van der Waals surface area contributed by atoms with Gasteiger partial charge in [-0.2, -0.15) is 0 Å². The summed E-state index contributed by atoms with van der Waals surface area (Å²) in [6.07, 6.45) is 5.00. The van der Waals surface area contributed by atoms with E-state index in [1.165, 1.54) is 5.69 Å². The Bertz CT molecular complexity index is 210. The van der Waals surface area contributed by atoms with Crippen LogP contribution in [-0.4, -0.2) is 11.0 Å². The number of quaternary nitrogens is 1. The lowest BCUT2D eigenvalue weighted by Crippen LogP contribution is -3.00. The lowest BCUT2D eigenvalue weighted by molar-refractivity contribution is -0.679. The highest BCUT2D eigenvalue weighted by molar-refractivity contribution is 4.87. The zero-order valence-electron chi connectivity index (χ0n) is 7.35. The minimum Gasteiger partial charge on any atom is -1.00 e. The lowest BCUT2D eigenvalue weighted by atomic mass is 10.2. The largest absolute Gasteiger partial charge is 1.00 e. The molecule has 0 aliphatic heterocycles. The van der Waals surface area contributed by atoms with Crippen molar-refractivity contribution in [1.29, 1.82) is 0 Å². The van der Waals surface area contributed by atoms with E-state index in [0.717, 1.165) is 6.42 Å². The molecule has 3 nitrogen and oxygen atoms in total. The van der Waals surface area contributed by atoms with Crippen LogP contribution in [0.2, 0.25) is 0 Å². The first-order chi connectivity index (χ1) is 4.70. The molecule has 1 atom stereocenters. The molecule has 0 fully saturated rings. The van der Waals surface area contributed by atoms with E-state index in [9.17, 15) is 0 Å². The smallest absolute Gasteiger partial charge is 0.241 e. The average Bonchev–Trinajstić information content (AvgIpc) is 2.15. The summed E-state index contributed by atoms with van der Waals surface area (Å²) in [7, 11) is 2.04. The SMILES string of the molecule is C[C@H]([NH3+])Cc1c[nH]c[n+]1C.[Cl-].[Cl-]. The third-order valence-corrected chi connectivity index (χ3v) is 1.53. The van der Waals surface area contributed by atoms with Crippen LogP contribution in [0.15, 0.2) is 12.5 Å². The van der Waals surface area contributed by atoms with Crippen LogP contribution in [0.4, 0.5) is 0 Å². The van der Waals surface area contributed by atoms with Crippen LogP contribution in [0, 0.1) is 0 Å². The molecule has 12 heavy (non-hydrogen) atoms. The number of nitrogens with zero attached hydrogens (tertiary/aromatic N) is 1. The highest BCUT2D eigenvalue weighted by Crippen LogP contribution is 1.90. The number of H-pyrrole nitrogens is 1. The number of halogens is 2. The van der Waals surface area contributed by atoms with Crippen molar-refractivity contribution in [3.05, 3.63) is 18.2 Å². The van der Waals surface area contributed by atoms with Gasteiger partial charge in [0.25, 0.3) is 0 Å². The van der Waals surface area contributed by atoms with E-state index in [4.69, 9.17) is 0 Å². The Hall–Kier alpha value is -0.250. The van der Waals surface area contributed by atoms with Crippen molar-refractivity contribution in [2.24, 2.45) is 7.05 Å². The second-order valence-corrected chi connectivity index (χ2v) is 2.85. The Morgan fingerprint density at radius 2 is 2.17 bits per heavy atom. The number of aromatic nitrogens is 2. The Morgan fingerprint density at radius 1 is 1.58 bits per heavy atom. The van der Waals surface area contributed by atoms with E-state index < -0.39 is 0 Å². The van der Waals surface area contributed by atoms with Gasteiger partial charge in [0.1, 0.15) is 11.9 Å². The van der Waals surface area contributed by atoms with Crippen molar-refractivity contribution >= 4 is 0 Å². The normalized spacial score (nSPS) is 11.2. The van der Waals surface area contributed by atoms with Gasteiger partial charge in [-0.3, -0.25) is 0 Å². The third-order valence-electron chi connectivity index (χ3n) is 1.53. The van der Waals surface area contributed by atoms with Crippen LogP contribution in [0.1, 0.15) is 12.6 Å². The van der Waals surface area contributed by atoms with Gasteiger partial charge in [0.2, 0.25) is 6.33 Å². The van der Waals surface area contributed by atoms with Gasteiger partial charge in [-0.25, -0.2) is 9.55 Å². The number of nitrogens with one attached hydrogen (secondary N) is 1. The molecule has 0 amide bonds. The number of aryl methyl sites for hydroxylation is 1. The maximum Gasteiger partial charge on any atom is 0.241 e. The van der Waals surface area contributed by atoms with Gasteiger partial charge < -0.3 is 30.5 Å². The van der Waals surface area contributed by atoms with Gasteiger partial charge in [0.15, 0.2) is 0 Å². The molecule has 1 aromatic heterocycles. The second kappa shape index (κ2) is 6.29. The minimum absolute atomic E-state index is 0. The Kier molecular flexibility index (Phi) is 7.48. The molecule has 0 bridgehead atoms. The van der Waals surface area contributed by atoms with Gasteiger partial charge in [-0.15, -0.1) is 0 Å². The van der Waals surface area contributed by atoms with Crippen LogP contribution >= 0.6 is 0 Å². The fraction of sp³-hybridized carbons (Fsp3) is 0.571. The summed E-state index contributed by atoms with van der Waals surface area (Å²) >= 11 is 0. The number of hydrogen-bond donors (Lipinski definition) is 2. The van der Waals surface area contributed by atoms with Crippen molar-refractivity contribution in [3.63, 3.8) is 0 Å². The molecule has 0 spiro atoms. The number of hydrogen-bond acceptors (Lipinski definition) is 0. The van der Waals surface area contributed by atoms with Crippen molar-refractivity contribution in [1.82, 2.24) is 4.98 Å². The van der Waals surface area contributed by atoms with E-state index in [-0.39, 0.29) is 24.8 Å². The molecule has 5 heteroatoms. The molecule has 0 unspecified atom stereocenters. The van der Waals surface area contributed by atoms with E-state index in [2.05, 4.69) is 22.2 Å². The fourth-order valence-corrected chi connectivity index (χ4v) is 0.990. The predicted molar refractivity (Wildman–Crippen MR) is 38.0 cm³/mol. The van der Waals surface area contributed by atoms with Gasteiger partial charge in [0, 0.05) is 0 Å². The maximum absolute atomic E-state index is 3.93. The molecule has 4 N–H and O–H groups in total. The number of rotatable bonds is 2. The minimum atomic E-state index is 0. The highest BCUT2D eigenvalue weighted by atomic mass is 35.5. The van der Waals surface area contributed by atoms with Crippen LogP contribution < -0.4 is 35.1 Å². The molecule has 0 aromatic carbocycles. The zero-order valence-corrected chi connectivity index (χ0v) is 8.86. The summed E-state index contributed by atoms with van der Waals surface area (Å²) in [4.78, 5) is 3.04. The lowest BCUT2D eigenvalue weighted by Gasteiger charge is -1.96. The first-order valence-electron chi connectivity index (χ1n) is 3.54. The van der Waals surface area contributed by atoms with E-state index >= 15 is 0 Å². The summed E-state index contributed by atoms with van der Waals surface area (Å²) < 4.78 is 2.08. The van der Waals surface area contributed by atoms with Crippen molar-refractivity contribution < 1.29 is 35.1 Å². The highest BCUT2D eigenvalue weighted by Gasteiger charge is 2.08. The molecule has 72 valence electrons. The quantitative estimate of drug-likeness (QED) is 0.458. The van der Waals surface area contributed by atoms with Gasteiger partial charge in [-0.1, -0.05) is 0 Å². The molecular weight excluding hydrogens is 197 g/mol. The summed E-state index contributed by atoms with van der Waals surface area (Å²) in [6.45, 7) is 2.12. The molecule has 0 saturated carbocycles. The predicted octanol–water partition coefficient (Wildman–Crippen LogP) is -6.98. The van der Waals surface area contributed by atoms with Crippen LogP contribution in [0.5, 0.6) is 0 Å². The molecule has 0 radical (unpaired) electrons. The van der Waals surface area contributed by atoms with Crippen LogP contribution in [0.3, 0.4) is 0 Å². The van der Waals surface area contributed by atoms with Crippen LogP contribution in [-0.2, 0) is 13.5 Å². The summed E-state index contributed by atoms with van der Waals surface area (Å²) in [5, 5.41) is 0. The van der Waals surface area contributed by atoms with Crippen LogP contribution in [0.25, 0.3) is 0 Å². The maximum atomic E-state index is 3.93. The Morgan fingerprint density at radius 3 is 2.50 bits per heavy atom. The molecule has 0 aliphatic carbocycles. The van der Waals surface area contributed by atoms with Crippen molar-refractivity contribution in [3.8, 4) is 0 Å². The Balaban J connectivity index is 0. The first-order valence-corrected chi connectivity index (χ1v) is 3.54. The van der Waals surface area contributed by atoms with E-state index in [0.29, 0.717) is 6.04 Å². The van der Waals surface area contributed by atoms with E-state index in [1.807, 2.05) is 19.6 Å². The molecule has 1 heterocycles. The number of aromatic amines is 1. The molecule has 1 aromatic rings. The standard InChI is InChI=1S/C7H13N3.2ClH/c1-6(8)3-7-4-9-5-10(7)2;;/h4-6H,3,8H2,1-2H3;2*1H/t6-;;/m0../s1. The summed E-state index contributed by atoms with van der Waals surface area (Å²) in [5.74, 6) is 0. The van der Waals surface area contributed by atoms with Gasteiger partial charge in [-0.05, 0) is 6.92 Å². The molecule has 1 rings (SSSR count). The Labute approximate surface area is 85.2 Å².